The molecule has 2 aromatic rings. The average molecular weight is 362 g/mol. The van der Waals surface area contributed by atoms with Crippen molar-refractivity contribution < 1.29 is 10.0 Å². The first kappa shape index (κ1) is 17.7. The number of aliphatic hydroxyl groups excluding tert-OH is 1. The Morgan fingerprint density at radius 3 is 2.48 bits per heavy atom. The lowest BCUT2D eigenvalue weighted by atomic mass is 10.1. The Bertz CT molecular complexity index is 761. The lowest BCUT2D eigenvalue weighted by Crippen LogP contribution is -2.46. The topological polar surface area (TPSA) is 69.8 Å². The first-order valence-corrected chi connectivity index (χ1v) is 8.55. The summed E-state index contributed by atoms with van der Waals surface area (Å²) in [7, 11) is 0. The quantitative estimate of drug-likeness (QED) is 0.654. The van der Waals surface area contributed by atoms with E-state index in [0.717, 1.165) is 30.2 Å². The molecule has 0 aromatic heterocycles. The number of halogens is 1. The molecule has 25 heavy (non-hydrogen) atoms. The number of rotatable bonds is 5. The number of nitro groups is 1. The van der Waals surface area contributed by atoms with Crippen molar-refractivity contribution in [2.45, 2.75) is 13.2 Å². The van der Waals surface area contributed by atoms with Crippen molar-refractivity contribution in [1.82, 2.24) is 4.90 Å². The number of aliphatic hydroxyl groups is 1. The molecule has 1 saturated heterocycles. The lowest BCUT2D eigenvalue weighted by molar-refractivity contribution is -0.384. The predicted molar refractivity (Wildman–Crippen MR) is 98.0 cm³/mol. The third-order valence-corrected chi connectivity index (χ3v) is 4.85. The first-order chi connectivity index (χ1) is 12.1. The van der Waals surface area contributed by atoms with Gasteiger partial charge in [-0.05, 0) is 29.3 Å². The van der Waals surface area contributed by atoms with Crippen LogP contribution in [0.15, 0.2) is 42.5 Å². The van der Waals surface area contributed by atoms with Crippen molar-refractivity contribution in [2.24, 2.45) is 0 Å². The van der Waals surface area contributed by atoms with E-state index in [0.29, 0.717) is 24.3 Å². The number of anilines is 1. The average Bonchev–Trinajstić information content (AvgIpc) is 2.63. The molecule has 0 unspecified atom stereocenters. The fourth-order valence-corrected chi connectivity index (χ4v) is 3.28. The van der Waals surface area contributed by atoms with Gasteiger partial charge < -0.3 is 10.0 Å². The number of hydrogen-bond acceptors (Lipinski definition) is 5. The maximum atomic E-state index is 11.3. The number of nitro benzene ring substituents is 1. The van der Waals surface area contributed by atoms with E-state index in [4.69, 9.17) is 11.6 Å². The zero-order valence-corrected chi connectivity index (χ0v) is 14.5. The Morgan fingerprint density at radius 1 is 1.12 bits per heavy atom. The fraction of sp³-hybridized carbons (Fsp3) is 0.333. The second kappa shape index (κ2) is 7.82. The van der Waals surface area contributed by atoms with E-state index in [9.17, 15) is 15.2 Å². The normalized spacial score (nSPS) is 15.4. The Kier molecular flexibility index (Phi) is 5.53. The fourth-order valence-electron chi connectivity index (χ4n) is 3.09. The van der Waals surface area contributed by atoms with Crippen LogP contribution in [-0.4, -0.2) is 41.1 Å². The molecule has 3 rings (SSSR count). The van der Waals surface area contributed by atoms with Crippen LogP contribution in [0.4, 0.5) is 11.4 Å². The molecule has 0 radical (unpaired) electrons. The Morgan fingerprint density at radius 2 is 1.84 bits per heavy atom. The maximum Gasteiger partial charge on any atom is 0.292 e. The van der Waals surface area contributed by atoms with Gasteiger partial charge in [0.15, 0.2) is 0 Å². The van der Waals surface area contributed by atoms with Crippen LogP contribution in [0.3, 0.4) is 0 Å². The van der Waals surface area contributed by atoms with Crippen LogP contribution >= 0.6 is 11.6 Å². The van der Waals surface area contributed by atoms with E-state index in [1.165, 1.54) is 6.07 Å². The standard InChI is InChI=1S/C18H20ClN3O3/c19-16-4-2-1-3-15(16)12-20-7-9-21(10-8-20)18-11-14(13-23)5-6-17(18)22(24)25/h1-6,11,23H,7-10,12-13H2. The minimum absolute atomic E-state index is 0.0803. The summed E-state index contributed by atoms with van der Waals surface area (Å²) in [5, 5.41) is 21.4. The minimum Gasteiger partial charge on any atom is -0.392 e. The monoisotopic (exact) mass is 361 g/mol. The van der Waals surface area contributed by atoms with E-state index in [-0.39, 0.29) is 17.2 Å². The van der Waals surface area contributed by atoms with Crippen LogP contribution in [0.2, 0.25) is 5.02 Å². The van der Waals surface area contributed by atoms with E-state index < -0.39 is 0 Å². The molecule has 1 heterocycles. The van der Waals surface area contributed by atoms with Gasteiger partial charge >= 0.3 is 0 Å². The van der Waals surface area contributed by atoms with Crippen LogP contribution in [-0.2, 0) is 13.2 Å². The van der Waals surface area contributed by atoms with Crippen molar-refractivity contribution in [2.75, 3.05) is 31.1 Å². The van der Waals surface area contributed by atoms with Crippen LogP contribution in [0.1, 0.15) is 11.1 Å². The molecular weight excluding hydrogens is 342 g/mol. The first-order valence-electron chi connectivity index (χ1n) is 8.17. The minimum atomic E-state index is -0.368. The molecule has 0 atom stereocenters. The molecule has 0 bridgehead atoms. The van der Waals surface area contributed by atoms with Gasteiger partial charge in [-0.2, -0.15) is 0 Å². The molecule has 1 fully saturated rings. The highest BCUT2D eigenvalue weighted by molar-refractivity contribution is 6.31. The van der Waals surface area contributed by atoms with Crippen molar-refractivity contribution in [3.8, 4) is 0 Å². The smallest absolute Gasteiger partial charge is 0.292 e. The number of hydrogen-bond donors (Lipinski definition) is 1. The molecule has 0 saturated carbocycles. The number of nitrogens with zero attached hydrogens (tertiary/aromatic N) is 3. The van der Waals surface area contributed by atoms with Crippen molar-refractivity contribution in [1.29, 1.82) is 0 Å². The molecule has 6 nitrogen and oxygen atoms in total. The molecule has 132 valence electrons. The number of piperazine rings is 1. The molecular formula is C18H20ClN3O3. The van der Waals surface area contributed by atoms with E-state index in [1.54, 1.807) is 12.1 Å². The Labute approximate surface area is 151 Å². The molecule has 2 aromatic carbocycles. The molecule has 0 aliphatic carbocycles. The second-order valence-corrected chi connectivity index (χ2v) is 6.50. The van der Waals surface area contributed by atoms with Gasteiger partial charge in [0.2, 0.25) is 0 Å². The molecule has 1 N–H and O–H groups in total. The third-order valence-electron chi connectivity index (χ3n) is 4.48. The van der Waals surface area contributed by atoms with Gasteiger partial charge in [0.05, 0.1) is 11.5 Å². The Balaban J connectivity index is 1.70. The van der Waals surface area contributed by atoms with Crippen LogP contribution in [0.25, 0.3) is 0 Å². The van der Waals surface area contributed by atoms with Crippen molar-refractivity contribution in [3.63, 3.8) is 0 Å². The van der Waals surface area contributed by atoms with Gasteiger partial charge in [0, 0.05) is 43.8 Å². The zero-order chi connectivity index (χ0) is 17.8. The van der Waals surface area contributed by atoms with Crippen LogP contribution in [0.5, 0.6) is 0 Å². The summed E-state index contributed by atoms with van der Waals surface area (Å²) >= 11 is 6.22. The summed E-state index contributed by atoms with van der Waals surface area (Å²) in [6.45, 7) is 3.63. The summed E-state index contributed by atoms with van der Waals surface area (Å²) in [4.78, 5) is 15.2. The summed E-state index contributed by atoms with van der Waals surface area (Å²) in [5.41, 5.74) is 2.43. The summed E-state index contributed by atoms with van der Waals surface area (Å²) in [5.74, 6) is 0. The van der Waals surface area contributed by atoms with E-state index in [1.807, 2.05) is 29.2 Å². The summed E-state index contributed by atoms with van der Waals surface area (Å²) in [6, 6.07) is 12.6. The Hall–Kier alpha value is -2.15. The van der Waals surface area contributed by atoms with E-state index in [2.05, 4.69) is 4.90 Å². The van der Waals surface area contributed by atoms with Gasteiger partial charge in [-0.15, -0.1) is 0 Å². The van der Waals surface area contributed by atoms with Gasteiger partial charge in [-0.25, -0.2) is 0 Å². The maximum absolute atomic E-state index is 11.3. The second-order valence-electron chi connectivity index (χ2n) is 6.09. The predicted octanol–water partition coefficient (Wildman–Crippen LogP) is 3.06. The highest BCUT2D eigenvalue weighted by Crippen LogP contribution is 2.30. The third kappa shape index (κ3) is 4.10. The highest BCUT2D eigenvalue weighted by Gasteiger charge is 2.24. The molecule has 0 spiro atoms. The van der Waals surface area contributed by atoms with E-state index >= 15 is 0 Å². The highest BCUT2D eigenvalue weighted by atomic mass is 35.5. The zero-order valence-electron chi connectivity index (χ0n) is 13.8. The molecule has 1 aliphatic rings. The van der Waals surface area contributed by atoms with Crippen LogP contribution < -0.4 is 4.90 Å². The van der Waals surface area contributed by atoms with Gasteiger partial charge in [0.25, 0.3) is 5.69 Å². The van der Waals surface area contributed by atoms with Crippen LogP contribution in [0, 0.1) is 10.1 Å². The summed E-state index contributed by atoms with van der Waals surface area (Å²) < 4.78 is 0. The molecule has 0 amide bonds. The van der Waals surface area contributed by atoms with Crippen molar-refractivity contribution in [3.05, 3.63) is 68.7 Å². The molecule has 7 heteroatoms. The SMILES string of the molecule is O=[N+]([O-])c1ccc(CO)cc1N1CCN(Cc2ccccc2Cl)CC1. The molecule has 1 aliphatic heterocycles. The lowest BCUT2D eigenvalue weighted by Gasteiger charge is -2.36. The van der Waals surface area contributed by atoms with Gasteiger partial charge in [-0.3, -0.25) is 15.0 Å². The largest absolute Gasteiger partial charge is 0.392 e. The van der Waals surface area contributed by atoms with Gasteiger partial charge in [0.1, 0.15) is 5.69 Å². The summed E-state index contributed by atoms with van der Waals surface area (Å²) in [6.07, 6.45) is 0. The van der Waals surface area contributed by atoms with Gasteiger partial charge in [-0.1, -0.05) is 29.8 Å². The van der Waals surface area contributed by atoms with Crippen molar-refractivity contribution >= 4 is 23.0 Å². The number of benzene rings is 2.